The van der Waals surface area contributed by atoms with Gasteiger partial charge < -0.3 is 15.8 Å². The number of carbonyl (C=O) groups is 1. The van der Waals surface area contributed by atoms with Crippen LogP contribution in [0.4, 0.5) is 0 Å². The van der Waals surface area contributed by atoms with Crippen LogP contribution in [0.2, 0.25) is 0 Å². The lowest BCUT2D eigenvalue weighted by molar-refractivity contribution is -0.126. The van der Waals surface area contributed by atoms with Gasteiger partial charge in [-0.1, -0.05) is 13.3 Å². The first-order chi connectivity index (χ1) is 8.20. The molecule has 4 nitrogen and oxygen atoms in total. The van der Waals surface area contributed by atoms with E-state index in [9.17, 15) is 4.79 Å². The Morgan fingerprint density at radius 1 is 1.29 bits per heavy atom. The number of ether oxygens (including phenoxy) is 1. The summed E-state index contributed by atoms with van der Waals surface area (Å²) in [5.74, 6) is 0.814. The summed E-state index contributed by atoms with van der Waals surface area (Å²) in [6, 6.07) is 0.236. The molecule has 0 aromatic carbocycles. The molecule has 1 saturated carbocycles. The third-order valence-electron chi connectivity index (χ3n) is 4.23. The van der Waals surface area contributed by atoms with E-state index in [4.69, 9.17) is 10.5 Å². The van der Waals surface area contributed by atoms with Crippen LogP contribution in [-0.2, 0) is 9.53 Å². The van der Waals surface area contributed by atoms with E-state index >= 15 is 0 Å². The highest BCUT2D eigenvalue weighted by Crippen LogP contribution is 2.26. The maximum absolute atomic E-state index is 12.0. The fourth-order valence-electron chi connectivity index (χ4n) is 2.86. The molecule has 0 aromatic rings. The first-order valence-electron chi connectivity index (χ1n) is 6.84. The second-order valence-corrected chi connectivity index (χ2v) is 5.44. The number of nitrogens with two attached hydrogens (primary N) is 1. The third-order valence-corrected chi connectivity index (χ3v) is 4.23. The molecule has 2 aliphatic rings. The lowest BCUT2D eigenvalue weighted by Crippen LogP contribution is -2.46. The van der Waals surface area contributed by atoms with Crippen molar-refractivity contribution in [2.75, 3.05) is 13.2 Å². The Morgan fingerprint density at radius 3 is 2.53 bits per heavy atom. The van der Waals surface area contributed by atoms with Crippen LogP contribution in [0.5, 0.6) is 0 Å². The minimum Gasteiger partial charge on any atom is -0.379 e. The lowest BCUT2D eigenvalue weighted by atomic mass is 9.84. The van der Waals surface area contributed by atoms with Crippen LogP contribution >= 0.6 is 0 Å². The Labute approximate surface area is 103 Å². The van der Waals surface area contributed by atoms with Gasteiger partial charge in [-0.05, 0) is 31.6 Å². The predicted molar refractivity (Wildman–Crippen MR) is 66.5 cm³/mol. The molecule has 2 unspecified atom stereocenters. The molecule has 1 heterocycles. The molecule has 3 N–H and O–H groups in total. The van der Waals surface area contributed by atoms with Crippen LogP contribution < -0.4 is 11.1 Å². The predicted octanol–water partition coefficient (Wildman–Crippen LogP) is 1.05. The van der Waals surface area contributed by atoms with E-state index in [1.807, 2.05) is 0 Å². The second-order valence-electron chi connectivity index (χ2n) is 5.44. The van der Waals surface area contributed by atoms with Gasteiger partial charge in [-0.2, -0.15) is 0 Å². The van der Waals surface area contributed by atoms with Gasteiger partial charge >= 0.3 is 0 Å². The number of hydrogen-bond acceptors (Lipinski definition) is 3. The smallest absolute Gasteiger partial charge is 0.227 e. The molecule has 0 bridgehead atoms. The van der Waals surface area contributed by atoms with Gasteiger partial charge in [0.15, 0.2) is 0 Å². The summed E-state index contributed by atoms with van der Waals surface area (Å²) in [7, 11) is 0. The van der Waals surface area contributed by atoms with Gasteiger partial charge in [0.2, 0.25) is 5.91 Å². The fourth-order valence-corrected chi connectivity index (χ4v) is 2.86. The summed E-state index contributed by atoms with van der Waals surface area (Å²) in [4.78, 5) is 12.0. The Morgan fingerprint density at radius 2 is 2.00 bits per heavy atom. The maximum Gasteiger partial charge on any atom is 0.227 e. The Hall–Kier alpha value is -0.610. The van der Waals surface area contributed by atoms with E-state index in [0.717, 1.165) is 18.8 Å². The average molecular weight is 240 g/mol. The normalized spacial score (nSPS) is 38.0. The number of amides is 1. The summed E-state index contributed by atoms with van der Waals surface area (Å²) in [6.45, 7) is 3.25. The molecule has 17 heavy (non-hydrogen) atoms. The van der Waals surface area contributed by atoms with Crippen molar-refractivity contribution in [3.05, 3.63) is 0 Å². The summed E-state index contributed by atoms with van der Waals surface area (Å²) in [5.41, 5.74) is 5.84. The number of carbonyl (C=O) groups excluding carboxylic acids is 1. The van der Waals surface area contributed by atoms with Crippen molar-refractivity contribution in [2.24, 2.45) is 17.6 Å². The minimum absolute atomic E-state index is 0.0925. The highest BCUT2D eigenvalue weighted by atomic mass is 16.5. The van der Waals surface area contributed by atoms with Gasteiger partial charge in [-0.25, -0.2) is 0 Å². The Kier molecular flexibility index (Phi) is 4.40. The zero-order valence-corrected chi connectivity index (χ0v) is 10.7. The maximum atomic E-state index is 12.0. The zero-order chi connectivity index (χ0) is 12.3. The molecule has 1 aliphatic carbocycles. The topological polar surface area (TPSA) is 64.3 Å². The summed E-state index contributed by atoms with van der Waals surface area (Å²) in [5, 5.41) is 3.14. The molecule has 98 valence electrons. The van der Waals surface area contributed by atoms with Crippen LogP contribution in [0.3, 0.4) is 0 Å². The van der Waals surface area contributed by atoms with Crippen LogP contribution in [0.25, 0.3) is 0 Å². The second kappa shape index (κ2) is 5.83. The number of hydrogen-bond donors (Lipinski definition) is 2. The molecule has 1 amide bonds. The molecule has 2 rings (SSSR count). The quantitative estimate of drug-likeness (QED) is 0.775. The minimum atomic E-state index is -0.140. The monoisotopic (exact) mass is 240 g/mol. The van der Waals surface area contributed by atoms with Crippen LogP contribution in [-0.4, -0.2) is 31.2 Å². The Balaban J connectivity index is 1.76. The number of rotatable bonds is 3. The van der Waals surface area contributed by atoms with Gasteiger partial charge in [-0.15, -0.1) is 0 Å². The summed E-state index contributed by atoms with van der Waals surface area (Å²) < 4.78 is 5.23. The first-order valence-corrected chi connectivity index (χ1v) is 6.84. The van der Waals surface area contributed by atoms with Crippen LogP contribution in [0.15, 0.2) is 0 Å². The van der Waals surface area contributed by atoms with Crippen LogP contribution in [0, 0.1) is 11.8 Å². The molecule has 0 aromatic heterocycles. The van der Waals surface area contributed by atoms with E-state index in [1.54, 1.807) is 0 Å². The van der Waals surface area contributed by atoms with Gasteiger partial charge in [0.1, 0.15) is 0 Å². The Bertz CT molecular complexity index is 262. The zero-order valence-electron chi connectivity index (χ0n) is 10.7. The molecule has 1 aliphatic heterocycles. The summed E-state index contributed by atoms with van der Waals surface area (Å²) in [6.07, 6.45) is 5.99. The molecule has 0 spiro atoms. The van der Waals surface area contributed by atoms with E-state index in [2.05, 4.69) is 12.2 Å². The van der Waals surface area contributed by atoms with Crippen molar-refractivity contribution in [3.8, 4) is 0 Å². The molecule has 0 radical (unpaired) electrons. The molecule has 2 atom stereocenters. The van der Waals surface area contributed by atoms with Gasteiger partial charge in [0.05, 0.1) is 19.1 Å². The highest BCUT2D eigenvalue weighted by molar-refractivity contribution is 5.80. The molecule has 1 saturated heterocycles. The highest BCUT2D eigenvalue weighted by Gasteiger charge is 2.32. The van der Waals surface area contributed by atoms with Crippen molar-refractivity contribution in [3.63, 3.8) is 0 Å². The van der Waals surface area contributed by atoms with Gasteiger partial charge in [-0.3, -0.25) is 4.79 Å². The molecule has 2 fully saturated rings. The van der Waals surface area contributed by atoms with Crippen molar-refractivity contribution in [2.45, 2.75) is 51.1 Å². The SMILES string of the molecule is CCC1CCC(NC(=O)C2COCC2N)CC1. The standard InChI is InChI=1S/C13H24N2O2/c1-2-9-3-5-10(6-4-9)15-13(16)11-7-17-8-12(11)14/h9-12H,2-8,14H2,1H3,(H,15,16). The van der Waals surface area contributed by atoms with E-state index in [0.29, 0.717) is 19.3 Å². The fraction of sp³-hybridized carbons (Fsp3) is 0.923. The van der Waals surface area contributed by atoms with Gasteiger partial charge in [0, 0.05) is 12.1 Å². The van der Waals surface area contributed by atoms with Crippen LogP contribution in [0.1, 0.15) is 39.0 Å². The van der Waals surface area contributed by atoms with Crippen molar-refractivity contribution < 1.29 is 9.53 Å². The van der Waals surface area contributed by atoms with Gasteiger partial charge in [0.25, 0.3) is 0 Å². The molecular formula is C13H24N2O2. The van der Waals surface area contributed by atoms with E-state index < -0.39 is 0 Å². The van der Waals surface area contributed by atoms with Crippen molar-refractivity contribution >= 4 is 5.91 Å². The van der Waals surface area contributed by atoms with E-state index in [1.165, 1.54) is 19.3 Å². The molecular weight excluding hydrogens is 216 g/mol. The van der Waals surface area contributed by atoms with E-state index in [-0.39, 0.29) is 17.9 Å². The van der Waals surface area contributed by atoms with Crippen molar-refractivity contribution in [1.29, 1.82) is 0 Å². The largest absolute Gasteiger partial charge is 0.379 e. The number of nitrogens with one attached hydrogen (secondary N) is 1. The lowest BCUT2D eigenvalue weighted by Gasteiger charge is -2.29. The van der Waals surface area contributed by atoms with Crippen molar-refractivity contribution in [1.82, 2.24) is 5.32 Å². The summed E-state index contributed by atoms with van der Waals surface area (Å²) >= 11 is 0. The first kappa shape index (κ1) is 12.8. The average Bonchev–Trinajstić information content (AvgIpc) is 2.76. The third kappa shape index (κ3) is 3.19. The molecule has 4 heteroatoms.